The monoisotopic (exact) mass is 446 g/mol. The van der Waals surface area contributed by atoms with Gasteiger partial charge in [-0.2, -0.15) is 0 Å². The van der Waals surface area contributed by atoms with E-state index in [0.29, 0.717) is 0 Å². The second-order valence-corrected chi connectivity index (χ2v) is 9.66. The highest BCUT2D eigenvalue weighted by atomic mass is 14.1. The fourth-order valence-corrected chi connectivity index (χ4v) is 4.80. The van der Waals surface area contributed by atoms with Crippen molar-refractivity contribution in [2.24, 2.45) is 0 Å². The average molecular weight is 447 g/mol. The molecule has 0 aliphatic carbocycles. The first-order chi connectivity index (χ1) is 16.6. The molecule has 174 valence electrons. The molecule has 0 N–H and O–H groups in total. The zero-order valence-electron chi connectivity index (χ0n) is 21.3. The zero-order valence-corrected chi connectivity index (χ0v) is 21.3. The molecule has 0 fully saturated rings. The summed E-state index contributed by atoms with van der Waals surface area (Å²) in [7, 11) is 0. The molecule has 0 aromatic heterocycles. The van der Waals surface area contributed by atoms with Crippen LogP contribution in [-0.4, -0.2) is 0 Å². The quantitative estimate of drug-likeness (QED) is 0.240. The number of aryl methyl sites for hydroxylation is 4. The van der Waals surface area contributed by atoms with Gasteiger partial charge < -0.3 is 0 Å². The summed E-state index contributed by atoms with van der Waals surface area (Å²) in [6, 6.07) is 32.0. The summed E-state index contributed by atoms with van der Waals surface area (Å²) in [6.07, 6.45) is 7.35. The molecule has 0 amide bonds. The van der Waals surface area contributed by atoms with Crippen LogP contribution in [0.3, 0.4) is 0 Å². The highest BCUT2D eigenvalue weighted by Crippen LogP contribution is 2.32. The van der Waals surface area contributed by atoms with Crippen LogP contribution in [0.15, 0.2) is 84.9 Å². The SMILES string of the molecule is CCCCc1ccc(-c2ccc(-c3ccc(-c4ccc(CCCC)cc4)c(C)c3)cc2C)cc1. The minimum absolute atomic E-state index is 1.17. The summed E-state index contributed by atoms with van der Waals surface area (Å²) in [5.41, 5.74) is 13.3. The first-order valence-electron chi connectivity index (χ1n) is 13.0. The predicted octanol–water partition coefficient (Wildman–Crippen LogP) is 9.99. The van der Waals surface area contributed by atoms with Gasteiger partial charge in [0.2, 0.25) is 0 Å². The summed E-state index contributed by atoms with van der Waals surface area (Å²) in [6.45, 7) is 8.95. The van der Waals surface area contributed by atoms with E-state index in [-0.39, 0.29) is 0 Å². The molecule has 0 atom stereocenters. The molecule has 0 aliphatic heterocycles. The smallest absolute Gasteiger partial charge is 0.0154 e. The molecule has 0 aliphatic rings. The van der Waals surface area contributed by atoms with Gasteiger partial charge in [-0.05, 0) is 95.2 Å². The Kier molecular flexibility index (Phi) is 8.01. The van der Waals surface area contributed by atoms with Gasteiger partial charge in [-0.15, -0.1) is 0 Å². The van der Waals surface area contributed by atoms with E-state index in [1.165, 1.54) is 94.2 Å². The number of rotatable bonds is 9. The van der Waals surface area contributed by atoms with Crippen molar-refractivity contribution in [1.29, 1.82) is 0 Å². The Hall–Kier alpha value is -3.12. The molecule has 4 aromatic carbocycles. The van der Waals surface area contributed by atoms with E-state index < -0.39 is 0 Å². The molecule has 0 unspecified atom stereocenters. The molecule has 0 spiro atoms. The van der Waals surface area contributed by atoms with Gasteiger partial charge >= 0.3 is 0 Å². The maximum absolute atomic E-state index is 2.33. The van der Waals surface area contributed by atoms with Crippen LogP contribution in [0.5, 0.6) is 0 Å². The maximum atomic E-state index is 2.33. The number of benzene rings is 4. The Morgan fingerprint density at radius 1 is 0.441 bits per heavy atom. The van der Waals surface area contributed by atoms with Crippen molar-refractivity contribution < 1.29 is 0 Å². The minimum Gasteiger partial charge on any atom is -0.0654 e. The molecule has 0 heterocycles. The van der Waals surface area contributed by atoms with Crippen LogP contribution in [0.2, 0.25) is 0 Å². The van der Waals surface area contributed by atoms with Gasteiger partial charge in [-0.3, -0.25) is 0 Å². The van der Waals surface area contributed by atoms with E-state index in [1.807, 2.05) is 0 Å². The minimum atomic E-state index is 1.17. The molecule has 4 rings (SSSR count). The first-order valence-corrected chi connectivity index (χ1v) is 13.0. The Morgan fingerprint density at radius 3 is 1.12 bits per heavy atom. The van der Waals surface area contributed by atoms with Gasteiger partial charge in [0.1, 0.15) is 0 Å². The normalized spacial score (nSPS) is 11.1. The third-order valence-corrected chi connectivity index (χ3v) is 6.95. The maximum Gasteiger partial charge on any atom is -0.0154 e. The largest absolute Gasteiger partial charge is 0.0654 e. The van der Waals surface area contributed by atoms with Crippen LogP contribution in [0.25, 0.3) is 33.4 Å². The Balaban J connectivity index is 1.53. The number of hydrogen-bond donors (Lipinski definition) is 0. The summed E-state index contributed by atoms with van der Waals surface area (Å²) < 4.78 is 0. The van der Waals surface area contributed by atoms with Gasteiger partial charge in [0.15, 0.2) is 0 Å². The van der Waals surface area contributed by atoms with E-state index in [2.05, 4.69) is 113 Å². The second-order valence-electron chi connectivity index (χ2n) is 9.66. The highest BCUT2D eigenvalue weighted by Gasteiger charge is 2.08. The van der Waals surface area contributed by atoms with Gasteiger partial charge in [-0.25, -0.2) is 0 Å². The van der Waals surface area contributed by atoms with Crippen LogP contribution in [0, 0.1) is 13.8 Å². The molecule has 0 saturated carbocycles. The van der Waals surface area contributed by atoms with Gasteiger partial charge in [0, 0.05) is 0 Å². The fraction of sp³-hybridized carbons (Fsp3) is 0.294. The topological polar surface area (TPSA) is 0 Å². The third-order valence-electron chi connectivity index (χ3n) is 6.95. The Labute approximate surface area is 206 Å². The lowest BCUT2D eigenvalue weighted by molar-refractivity contribution is 0.795. The van der Waals surface area contributed by atoms with Crippen molar-refractivity contribution in [3.63, 3.8) is 0 Å². The van der Waals surface area contributed by atoms with Crippen molar-refractivity contribution >= 4 is 0 Å². The van der Waals surface area contributed by atoms with E-state index >= 15 is 0 Å². The van der Waals surface area contributed by atoms with Crippen molar-refractivity contribution in [3.05, 3.63) is 107 Å². The van der Waals surface area contributed by atoms with E-state index in [0.717, 1.165) is 0 Å². The predicted molar refractivity (Wildman–Crippen MR) is 149 cm³/mol. The molecular weight excluding hydrogens is 408 g/mol. The van der Waals surface area contributed by atoms with Crippen LogP contribution < -0.4 is 0 Å². The first kappa shape index (κ1) is 24.0. The van der Waals surface area contributed by atoms with Crippen molar-refractivity contribution in [2.45, 2.75) is 66.2 Å². The lowest BCUT2D eigenvalue weighted by Gasteiger charge is -2.13. The fourth-order valence-electron chi connectivity index (χ4n) is 4.80. The van der Waals surface area contributed by atoms with Crippen molar-refractivity contribution in [2.75, 3.05) is 0 Å². The van der Waals surface area contributed by atoms with Gasteiger partial charge in [0.05, 0.1) is 0 Å². The lowest BCUT2D eigenvalue weighted by atomic mass is 9.92. The zero-order chi connectivity index (χ0) is 23.9. The molecule has 0 nitrogen and oxygen atoms in total. The highest BCUT2D eigenvalue weighted by molar-refractivity contribution is 5.77. The summed E-state index contributed by atoms with van der Waals surface area (Å²) in [5.74, 6) is 0. The molecule has 0 radical (unpaired) electrons. The number of unbranched alkanes of at least 4 members (excludes halogenated alkanes) is 2. The molecular formula is C34H38. The standard InChI is InChI=1S/C34H38/c1-5-7-9-27-11-15-29(16-12-27)33-21-19-31(23-25(33)3)32-20-22-34(26(4)24-32)30-17-13-28(14-18-30)10-8-6-2/h11-24H,5-10H2,1-4H3. The summed E-state index contributed by atoms with van der Waals surface area (Å²) in [4.78, 5) is 0. The average Bonchev–Trinajstić information content (AvgIpc) is 2.87. The second kappa shape index (κ2) is 11.3. The third kappa shape index (κ3) is 5.68. The lowest BCUT2D eigenvalue weighted by Crippen LogP contribution is -1.90. The molecule has 34 heavy (non-hydrogen) atoms. The van der Waals surface area contributed by atoms with Gasteiger partial charge in [-0.1, -0.05) is 112 Å². The van der Waals surface area contributed by atoms with E-state index in [1.54, 1.807) is 0 Å². The van der Waals surface area contributed by atoms with Crippen molar-refractivity contribution in [3.8, 4) is 33.4 Å². The molecule has 0 bridgehead atoms. The summed E-state index contributed by atoms with van der Waals surface area (Å²) >= 11 is 0. The van der Waals surface area contributed by atoms with Crippen LogP contribution in [0.1, 0.15) is 61.8 Å². The van der Waals surface area contributed by atoms with Gasteiger partial charge in [0.25, 0.3) is 0 Å². The van der Waals surface area contributed by atoms with Crippen molar-refractivity contribution in [1.82, 2.24) is 0 Å². The van der Waals surface area contributed by atoms with Crippen LogP contribution in [0.4, 0.5) is 0 Å². The number of hydrogen-bond acceptors (Lipinski definition) is 0. The Morgan fingerprint density at radius 2 is 0.794 bits per heavy atom. The molecule has 0 saturated heterocycles. The van der Waals surface area contributed by atoms with Crippen LogP contribution in [-0.2, 0) is 12.8 Å². The molecule has 0 heteroatoms. The Bertz CT molecular complexity index is 1110. The molecule has 4 aromatic rings. The van der Waals surface area contributed by atoms with E-state index in [9.17, 15) is 0 Å². The van der Waals surface area contributed by atoms with Crippen LogP contribution >= 0.6 is 0 Å². The summed E-state index contributed by atoms with van der Waals surface area (Å²) in [5, 5.41) is 0. The van der Waals surface area contributed by atoms with E-state index in [4.69, 9.17) is 0 Å².